The minimum absolute atomic E-state index is 0.0104. The number of ether oxygens (including phenoxy) is 2. The predicted octanol–water partition coefficient (Wildman–Crippen LogP) is 6.62. The molecule has 5 rings (SSSR count). The maximum Gasteiger partial charge on any atom is 0.472 e. The van der Waals surface area contributed by atoms with Crippen LogP contribution in [0.4, 0.5) is 20.7 Å². The fourth-order valence-electron chi connectivity index (χ4n) is 4.59. The molecule has 0 spiro atoms. The number of furan rings is 1. The van der Waals surface area contributed by atoms with Crippen molar-refractivity contribution < 1.29 is 50.7 Å². The Balaban J connectivity index is 1.29. The summed E-state index contributed by atoms with van der Waals surface area (Å²) in [5.74, 6) is 1.22. The second-order valence-corrected chi connectivity index (χ2v) is 13.1. The van der Waals surface area contributed by atoms with Crippen molar-refractivity contribution in [1.29, 1.82) is 0 Å². The zero-order chi connectivity index (χ0) is 35.0. The number of fused-ring (bicyclic) bond motifs is 1. The van der Waals surface area contributed by atoms with Gasteiger partial charge in [0.2, 0.25) is 6.79 Å². The van der Waals surface area contributed by atoms with Gasteiger partial charge in [-0.1, -0.05) is 23.7 Å². The number of halogens is 2. The highest BCUT2D eigenvalue weighted by Gasteiger charge is 2.21. The number of nitrogens with zero attached hydrogens (tertiary/aromatic N) is 3. The fraction of sp³-hybridized carbons (Fsp3) is 0.194. The summed E-state index contributed by atoms with van der Waals surface area (Å²) in [4.78, 5) is 40.2. The van der Waals surface area contributed by atoms with Gasteiger partial charge < -0.3 is 38.4 Å². The van der Waals surface area contributed by atoms with Crippen LogP contribution in [0.2, 0.25) is 5.02 Å². The molecule has 0 saturated carbocycles. The molecule has 0 saturated heterocycles. The highest BCUT2D eigenvalue weighted by molar-refractivity contribution is 7.79. The summed E-state index contributed by atoms with van der Waals surface area (Å²) < 4.78 is 65.3. The summed E-state index contributed by atoms with van der Waals surface area (Å²) in [6, 6.07) is 19.9. The van der Waals surface area contributed by atoms with Crippen LogP contribution in [0.15, 0.2) is 83.5 Å². The highest BCUT2D eigenvalue weighted by Crippen LogP contribution is 2.36. The van der Waals surface area contributed by atoms with Crippen LogP contribution in [-0.4, -0.2) is 58.6 Å². The molecule has 14 nitrogen and oxygen atoms in total. The quantitative estimate of drug-likeness (QED) is 0.0510. The zero-order valence-electron chi connectivity index (χ0n) is 25.4. The van der Waals surface area contributed by atoms with Gasteiger partial charge in [0.25, 0.3) is 0 Å². The average molecular weight is 735 g/mol. The Bertz CT molecular complexity index is 2010. The van der Waals surface area contributed by atoms with Crippen LogP contribution in [0, 0.1) is 5.82 Å². The van der Waals surface area contributed by atoms with E-state index in [1.54, 1.807) is 54.6 Å². The molecule has 258 valence electrons. The molecule has 1 atom stereocenters. The number of benzene rings is 3. The topological polar surface area (TPSA) is 194 Å². The van der Waals surface area contributed by atoms with Crippen LogP contribution in [-0.2, 0) is 38.1 Å². The Labute approximate surface area is 286 Å². The van der Waals surface area contributed by atoms with E-state index in [1.807, 2.05) is 6.07 Å². The number of phosphoric acid groups is 1. The number of anilines is 2. The minimum atomic E-state index is -4.86. The smallest absolute Gasteiger partial charge is 0.472 e. The molecule has 2 heterocycles. The lowest BCUT2D eigenvalue weighted by Gasteiger charge is -2.20. The number of nitrogens with one attached hydrogen (secondary N) is 1. The van der Waals surface area contributed by atoms with Gasteiger partial charge in [-0.25, -0.2) is 32.5 Å². The summed E-state index contributed by atoms with van der Waals surface area (Å²) >= 11 is 4.40. The molecule has 4 N–H and O–H groups in total. The zero-order valence-corrected chi connectivity index (χ0v) is 27.9. The van der Waals surface area contributed by atoms with E-state index >= 15 is 0 Å². The van der Waals surface area contributed by atoms with Crippen molar-refractivity contribution in [2.75, 3.05) is 24.4 Å². The highest BCUT2D eigenvalue weighted by atomic mass is 35.5. The minimum Gasteiger partial charge on any atom is -0.487 e. The lowest BCUT2D eigenvalue weighted by Crippen LogP contribution is -2.33. The Hall–Kier alpha value is -4.41. The van der Waals surface area contributed by atoms with Crippen molar-refractivity contribution in [2.24, 2.45) is 0 Å². The lowest BCUT2D eigenvalue weighted by atomic mass is 10.1. The molecule has 3 aromatic carbocycles. The van der Waals surface area contributed by atoms with E-state index in [-0.39, 0.29) is 37.7 Å². The SMILES string of the molecule is O=C(OCOP(=O)(O)O)N(CCCS(=O)O)Cc1ccc(-c2ccc3ncnc(Nc4ccc(OCc5cccc(F)c5)c(Cl)c4)c3c2)o1. The van der Waals surface area contributed by atoms with Gasteiger partial charge in [0.05, 0.1) is 22.8 Å². The van der Waals surface area contributed by atoms with E-state index in [0.29, 0.717) is 55.8 Å². The molecule has 49 heavy (non-hydrogen) atoms. The maximum atomic E-state index is 13.5. The Morgan fingerprint density at radius 3 is 2.67 bits per heavy atom. The Morgan fingerprint density at radius 1 is 1.08 bits per heavy atom. The summed E-state index contributed by atoms with van der Waals surface area (Å²) in [7, 11) is -4.86. The van der Waals surface area contributed by atoms with Crippen LogP contribution in [0.1, 0.15) is 17.7 Å². The first kappa shape index (κ1) is 35.9. The number of carbonyl (C=O) groups is 1. The second kappa shape index (κ2) is 16.3. The number of hydrogen-bond donors (Lipinski definition) is 4. The molecule has 1 unspecified atom stereocenters. The van der Waals surface area contributed by atoms with Crippen LogP contribution in [0.5, 0.6) is 5.75 Å². The van der Waals surface area contributed by atoms with Gasteiger partial charge in [-0.15, -0.1) is 0 Å². The van der Waals surface area contributed by atoms with Gasteiger partial charge in [-0.05, 0) is 72.6 Å². The molecule has 0 aliphatic carbocycles. The van der Waals surface area contributed by atoms with Gasteiger partial charge in [0, 0.05) is 23.2 Å². The molecule has 0 radical (unpaired) electrons. The van der Waals surface area contributed by atoms with Crippen LogP contribution < -0.4 is 10.1 Å². The number of aromatic nitrogens is 2. The molecular weight excluding hydrogens is 706 g/mol. The summed E-state index contributed by atoms with van der Waals surface area (Å²) in [6.07, 6.45) is 0.583. The Kier molecular flexibility index (Phi) is 12.0. The first-order valence-corrected chi connectivity index (χ1v) is 17.6. The maximum absolute atomic E-state index is 13.5. The van der Waals surface area contributed by atoms with Gasteiger partial charge in [0.1, 0.15) is 41.8 Å². The van der Waals surface area contributed by atoms with Gasteiger partial charge in [0.15, 0.2) is 11.1 Å². The van der Waals surface area contributed by atoms with Crippen molar-refractivity contribution in [3.63, 3.8) is 0 Å². The molecule has 0 fully saturated rings. The predicted molar refractivity (Wildman–Crippen MR) is 178 cm³/mol. The van der Waals surface area contributed by atoms with E-state index in [4.69, 9.17) is 39.8 Å². The van der Waals surface area contributed by atoms with E-state index < -0.39 is 31.8 Å². The van der Waals surface area contributed by atoms with E-state index in [0.717, 1.165) is 4.90 Å². The van der Waals surface area contributed by atoms with Crippen molar-refractivity contribution in [2.45, 2.75) is 19.6 Å². The van der Waals surface area contributed by atoms with E-state index in [9.17, 15) is 18.0 Å². The van der Waals surface area contributed by atoms with Crippen LogP contribution in [0.25, 0.3) is 22.2 Å². The van der Waals surface area contributed by atoms with Crippen molar-refractivity contribution in [3.05, 3.63) is 101 Å². The number of amides is 1. The fourth-order valence-corrected chi connectivity index (χ4v) is 5.39. The lowest BCUT2D eigenvalue weighted by molar-refractivity contribution is 0.0181. The first-order chi connectivity index (χ1) is 23.4. The number of hydrogen-bond acceptors (Lipinski definition) is 10. The van der Waals surface area contributed by atoms with Crippen LogP contribution in [0.3, 0.4) is 0 Å². The number of rotatable bonds is 15. The van der Waals surface area contributed by atoms with Crippen molar-refractivity contribution in [3.8, 4) is 17.1 Å². The molecule has 18 heteroatoms. The van der Waals surface area contributed by atoms with E-state index in [1.165, 1.54) is 18.5 Å². The second-order valence-electron chi connectivity index (χ2n) is 10.4. The van der Waals surface area contributed by atoms with Gasteiger partial charge in [-0.2, -0.15) is 0 Å². The average Bonchev–Trinajstić information content (AvgIpc) is 3.52. The number of phosphoric ester groups is 1. The molecule has 0 aliphatic rings. The van der Waals surface area contributed by atoms with E-state index in [2.05, 4.69) is 19.8 Å². The third-order valence-electron chi connectivity index (χ3n) is 6.81. The summed E-state index contributed by atoms with van der Waals surface area (Å²) in [5.41, 5.74) is 2.59. The van der Waals surface area contributed by atoms with Crippen molar-refractivity contribution >= 4 is 59.0 Å². The molecule has 0 bridgehead atoms. The summed E-state index contributed by atoms with van der Waals surface area (Å²) in [5, 5.41) is 4.24. The first-order valence-electron chi connectivity index (χ1n) is 14.4. The summed E-state index contributed by atoms with van der Waals surface area (Å²) in [6.45, 7) is -0.978. The van der Waals surface area contributed by atoms with Crippen molar-refractivity contribution in [1.82, 2.24) is 14.9 Å². The molecule has 5 aromatic rings. The third-order valence-corrected chi connectivity index (χ3v) is 8.19. The molecule has 1 amide bonds. The third kappa shape index (κ3) is 10.5. The normalized spacial score (nSPS) is 12.1. The molecule has 0 aliphatic heterocycles. The molecular formula is C31H29ClFN4O10PS. The monoisotopic (exact) mass is 734 g/mol. The Morgan fingerprint density at radius 2 is 1.92 bits per heavy atom. The number of carbonyl (C=O) groups excluding carboxylic acids is 1. The largest absolute Gasteiger partial charge is 0.487 e. The van der Waals surface area contributed by atoms with Crippen LogP contribution >= 0.6 is 19.4 Å². The van der Waals surface area contributed by atoms with Gasteiger partial charge in [-0.3, -0.25) is 0 Å². The standard InChI is InChI=1S/C31H29ClFN4O10PS/c32-26-15-23(6-9-29(26)44-17-20-3-1-4-22(33)13-20)36-30-25-14-21(5-8-27(25)34-18-35-30)28-10-7-24(47-28)16-37(11-2-12-49(42)43)31(38)45-19-46-48(39,40)41/h1,3-10,13-15,18H,2,11-12,16-17,19H2,(H,42,43)(H,34,35,36)(H2,39,40,41). The molecule has 2 aromatic heterocycles. The van der Waals surface area contributed by atoms with Gasteiger partial charge >= 0.3 is 13.9 Å².